The standard InChI is InChI=1S/C17H23N5O2/c1-3-21-12-19-20-16(21)11-18-17(23)22-10-4-5-15(22)13-6-8-14(24-2)9-7-13/h6-9,12,15H,3-5,10-11H2,1-2H3,(H,18,23). The highest BCUT2D eigenvalue weighted by molar-refractivity contribution is 5.75. The molecule has 2 amide bonds. The smallest absolute Gasteiger partial charge is 0.318 e. The molecule has 1 saturated heterocycles. The predicted octanol–water partition coefficient (Wildman–Crippen LogP) is 2.35. The summed E-state index contributed by atoms with van der Waals surface area (Å²) >= 11 is 0. The Balaban J connectivity index is 1.64. The largest absolute Gasteiger partial charge is 0.497 e. The number of nitrogens with zero attached hydrogens (tertiary/aromatic N) is 4. The Kier molecular flexibility index (Phi) is 4.98. The molecule has 128 valence electrons. The topological polar surface area (TPSA) is 72.3 Å². The molecule has 1 aromatic heterocycles. The summed E-state index contributed by atoms with van der Waals surface area (Å²) in [5.74, 6) is 1.60. The summed E-state index contributed by atoms with van der Waals surface area (Å²) < 4.78 is 7.12. The van der Waals surface area contributed by atoms with E-state index in [1.54, 1.807) is 13.4 Å². The van der Waals surface area contributed by atoms with Gasteiger partial charge in [-0.2, -0.15) is 0 Å². The lowest BCUT2D eigenvalue weighted by molar-refractivity contribution is 0.192. The molecule has 7 heteroatoms. The molecule has 1 aliphatic rings. The zero-order valence-electron chi connectivity index (χ0n) is 14.1. The molecule has 24 heavy (non-hydrogen) atoms. The third kappa shape index (κ3) is 3.34. The third-order valence-corrected chi connectivity index (χ3v) is 4.45. The minimum Gasteiger partial charge on any atom is -0.497 e. The van der Waals surface area contributed by atoms with Gasteiger partial charge >= 0.3 is 6.03 Å². The Labute approximate surface area is 141 Å². The average molecular weight is 329 g/mol. The maximum atomic E-state index is 12.6. The van der Waals surface area contributed by atoms with Gasteiger partial charge in [-0.05, 0) is 37.5 Å². The van der Waals surface area contributed by atoms with Crippen LogP contribution in [0.1, 0.15) is 37.2 Å². The maximum Gasteiger partial charge on any atom is 0.318 e. The van der Waals surface area contributed by atoms with Gasteiger partial charge in [0.15, 0.2) is 5.82 Å². The quantitative estimate of drug-likeness (QED) is 0.914. The van der Waals surface area contributed by atoms with Crippen LogP contribution in [0.5, 0.6) is 5.75 Å². The monoisotopic (exact) mass is 329 g/mol. The lowest BCUT2D eigenvalue weighted by Crippen LogP contribution is -2.39. The van der Waals surface area contributed by atoms with Gasteiger partial charge in [-0.1, -0.05) is 12.1 Å². The molecule has 0 spiro atoms. The van der Waals surface area contributed by atoms with Crippen molar-refractivity contribution in [2.24, 2.45) is 0 Å². The summed E-state index contributed by atoms with van der Waals surface area (Å²) in [6, 6.07) is 7.99. The van der Waals surface area contributed by atoms with Crippen molar-refractivity contribution < 1.29 is 9.53 Å². The fourth-order valence-corrected chi connectivity index (χ4v) is 3.12. The SMILES string of the molecule is CCn1cnnc1CNC(=O)N1CCCC1c1ccc(OC)cc1. The highest BCUT2D eigenvalue weighted by Gasteiger charge is 2.29. The maximum absolute atomic E-state index is 12.6. The number of likely N-dealkylation sites (tertiary alicyclic amines) is 1. The van der Waals surface area contributed by atoms with Crippen LogP contribution in [0.3, 0.4) is 0 Å². The number of carbonyl (C=O) groups excluding carboxylic acids is 1. The van der Waals surface area contributed by atoms with E-state index in [4.69, 9.17) is 4.74 Å². The first-order chi connectivity index (χ1) is 11.7. The highest BCUT2D eigenvalue weighted by atomic mass is 16.5. The van der Waals surface area contributed by atoms with Crippen molar-refractivity contribution in [2.45, 2.75) is 38.9 Å². The Hall–Kier alpha value is -2.57. The van der Waals surface area contributed by atoms with E-state index in [9.17, 15) is 4.79 Å². The number of benzene rings is 1. The molecule has 1 fully saturated rings. The van der Waals surface area contributed by atoms with Crippen molar-refractivity contribution >= 4 is 6.03 Å². The predicted molar refractivity (Wildman–Crippen MR) is 89.6 cm³/mol. The first-order valence-corrected chi connectivity index (χ1v) is 8.28. The van der Waals surface area contributed by atoms with Crippen molar-refractivity contribution in [1.82, 2.24) is 25.0 Å². The van der Waals surface area contributed by atoms with E-state index in [1.807, 2.05) is 40.7 Å². The number of amides is 2. The fourth-order valence-electron chi connectivity index (χ4n) is 3.12. The van der Waals surface area contributed by atoms with Crippen LogP contribution in [0.4, 0.5) is 4.79 Å². The molecule has 0 saturated carbocycles. The van der Waals surface area contributed by atoms with Crippen molar-refractivity contribution in [1.29, 1.82) is 0 Å². The third-order valence-electron chi connectivity index (χ3n) is 4.45. The molecule has 0 aliphatic carbocycles. The van der Waals surface area contributed by atoms with Crippen LogP contribution in [0.25, 0.3) is 0 Å². The van der Waals surface area contributed by atoms with Gasteiger partial charge in [0.2, 0.25) is 0 Å². The van der Waals surface area contributed by atoms with E-state index in [-0.39, 0.29) is 12.1 Å². The molecule has 1 aliphatic heterocycles. The fraction of sp³-hybridized carbons (Fsp3) is 0.471. The lowest BCUT2D eigenvalue weighted by Gasteiger charge is -2.25. The molecule has 2 heterocycles. The average Bonchev–Trinajstić information content (AvgIpc) is 3.28. The molecule has 1 N–H and O–H groups in total. The number of urea groups is 1. The van der Waals surface area contributed by atoms with E-state index >= 15 is 0 Å². The van der Waals surface area contributed by atoms with Crippen LogP contribution in [0.2, 0.25) is 0 Å². The first kappa shape index (κ1) is 16.3. The van der Waals surface area contributed by atoms with Crippen LogP contribution in [-0.2, 0) is 13.1 Å². The Bertz CT molecular complexity index is 683. The number of hydrogen-bond donors (Lipinski definition) is 1. The number of methoxy groups -OCH3 is 1. The Morgan fingerprint density at radius 2 is 2.17 bits per heavy atom. The van der Waals surface area contributed by atoms with Crippen molar-refractivity contribution in [3.05, 3.63) is 42.0 Å². The minimum absolute atomic E-state index is 0.0565. The second-order valence-corrected chi connectivity index (χ2v) is 5.82. The molecular weight excluding hydrogens is 306 g/mol. The number of rotatable bonds is 5. The number of nitrogens with one attached hydrogen (secondary N) is 1. The number of aromatic nitrogens is 3. The molecule has 1 aromatic carbocycles. The Morgan fingerprint density at radius 3 is 2.88 bits per heavy atom. The zero-order valence-corrected chi connectivity index (χ0v) is 14.1. The van der Waals surface area contributed by atoms with Crippen molar-refractivity contribution in [2.75, 3.05) is 13.7 Å². The summed E-state index contributed by atoms with van der Waals surface area (Å²) in [6.07, 6.45) is 3.66. The van der Waals surface area contributed by atoms with E-state index < -0.39 is 0 Å². The number of aryl methyl sites for hydroxylation is 1. The van der Waals surface area contributed by atoms with Gasteiger partial charge in [0.1, 0.15) is 12.1 Å². The zero-order chi connectivity index (χ0) is 16.9. The second-order valence-electron chi connectivity index (χ2n) is 5.82. The van der Waals surface area contributed by atoms with Gasteiger partial charge in [-0.3, -0.25) is 0 Å². The van der Waals surface area contributed by atoms with Crippen LogP contribution >= 0.6 is 0 Å². The second kappa shape index (κ2) is 7.33. The molecule has 2 aromatic rings. The minimum atomic E-state index is -0.0565. The highest BCUT2D eigenvalue weighted by Crippen LogP contribution is 2.32. The molecule has 1 atom stereocenters. The first-order valence-electron chi connectivity index (χ1n) is 8.28. The van der Waals surface area contributed by atoms with Gasteiger partial charge < -0.3 is 19.5 Å². The van der Waals surface area contributed by atoms with E-state index in [2.05, 4.69) is 15.5 Å². The summed E-state index contributed by atoms with van der Waals surface area (Å²) in [6.45, 7) is 3.97. The van der Waals surface area contributed by atoms with Gasteiger partial charge in [-0.15, -0.1) is 10.2 Å². The number of hydrogen-bond acceptors (Lipinski definition) is 4. The number of ether oxygens (including phenoxy) is 1. The van der Waals surface area contributed by atoms with Crippen molar-refractivity contribution in [3.63, 3.8) is 0 Å². The summed E-state index contributed by atoms with van der Waals surface area (Å²) in [5.41, 5.74) is 1.14. The van der Waals surface area contributed by atoms with Crippen LogP contribution < -0.4 is 10.1 Å². The summed E-state index contributed by atoms with van der Waals surface area (Å²) in [5, 5.41) is 10.9. The Morgan fingerprint density at radius 1 is 1.38 bits per heavy atom. The van der Waals surface area contributed by atoms with Crippen LogP contribution in [0.15, 0.2) is 30.6 Å². The lowest BCUT2D eigenvalue weighted by atomic mass is 10.0. The molecule has 7 nitrogen and oxygen atoms in total. The van der Waals surface area contributed by atoms with Gasteiger partial charge in [0.05, 0.1) is 19.7 Å². The molecule has 1 unspecified atom stereocenters. The molecule has 0 radical (unpaired) electrons. The van der Waals surface area contributed by atoms with Gasteiger partial charge in [0, 0.05) is 13.1 Å². The summed E-state index contributed by atoms with van der Waals surface area (Å²) in [4.78, 5) is 14.5. The van der Waals surface area contributed by atoms with Crippen molar-refractivity contribution in [3.8, 4) is 5.75 Å². The van der Waals surface area contributed by atoms with Crippen LogP contribution in [0, 0.1) is 0 Å². The molecule has 0 bridgehead atoms. The normalized spacial score (nSPS) is 17.1. The van der Waals surface area contributed by atoms with Gasteiger partial charge in [0.25, 0.3) is 0 Å². The molecule has 3 rings (SSSR count). The van der Waals surface area contributed by atoms with E-state index in [1.165, 1.54) is 0 Å². The van der Waals surface area contributed by atoms with Crippen LogP contribution in [-0.4, -0.2) is 39.4 Å². The molecular formula is C17H23N5O2. The summed E-state index contributed by atoms with van der Waals surface area (Å²) in [7, 11) is 1.65. The van der Waals surface area contributed by atoms with E-state index in [0.717, 1.165) is 43.1 Å². The van der Waals surface area contributed by atoms with E-state index in [0.29, 0.717) is 6.54 Å². The number of carbonyl (C=O) groups is 1. The van der Waals surface area contributed by atoms with Gasteiger partial charge in [-0.25, -0.2) is 4.79 Å².